The molecule has 1 saturated heterocycles. The molecule has 5 heteroatoms. The van der Waals surface area contributed by atoms with Gasteiger partial charge in [0.25, 0.3) is 0 Å². The third-order valence-electron chi connectivity index (χ3n) is 6.59. The summed E-state index contributed by atoms with van der Waals surface area (Å²) in [4.78, 5) is 29.2. The van der Waals surface area contributed by atoms with Crippen molar-refractivity contribution in [3.63, 3.8) is 0 Å². The predicted octanol–water partition coefficient (Wildman–Crippen LogP) is 5.97. The van der Waals surface area contributed by atoms with E-state index in [0.29, 0.717) is 12.8 Å². The molecular formula is C29H41N3O2. The summed E-state index contributed by atoms with van der Waals surface area (Å²) in [6, 6.07) is 16.3. The normalized spacial score (nSPS) is 13.7. The molecule has 1 fully saturated rings. The largest absolute Gasteiger partial charge is 0.368 e. The van der Waals surface area contributed by atoms with Crippen LogP contribution in [0.15, 0.2) is 48.5 Å². The van der Waals surface area contributed by atoms with Crippen molar-refractivity contribution in [3.05, 3.63) is 59.7 Å². The Hall–Kier alpha value is -2.82. The van der Waals surface area contributed by atoms with E-state index in [0.717, 1.165) is 56.0 Å². The Balaban J connectivity index is 1.36. The highest BCUT2D eigenvalue weighted by Crippen LogP contribution is 2.20. The molecule has 3 rings (SSSR count). The topological polar surface area (TPSA) is 52.7 Å². The molecule has 1 N–H and O–H groups in total. The number of nitrogens with zero attached hydrogens (tertiary/aromatic N) is 2. The Kier molecular flexibility index (Phi) is 10.5. The van der Waals surface area contributed by atoms with E-state index in [4.69, 9.17) is 0 Å². The zero-order valence-corrected chi connectivity index (χ0v) is 21.0. The standard InChI is InChI=1S/C29H41N3O2/c1-3-4-5-6-7-8-9-13-28(33)30-26-14-16-27(17-15-26)31-18-20-32(21-19-31)29(34)23-25-12-10-11-24(2)22-25/h10-12,14-17,22H,3-9,13,18-21,23H2,1-2H3,(H,30,33). The van der Waals surface area contributed by atoms with E-state index in [9.17, 15) is 9.59 Å². The van der Waals surface area contributed by atoms with E-state index in [2.05, 4.69) is 48.3 Å². The van der Waals surface area contributed by atoms with Crippen LogP contribution in [0.4, 0.5) is 11.4 Å². The second kappa shape index (κ2) is 13.8. The molecule has 0 saturated carbocycles. The molecule has 184 valence electrons. The molecule has 1 aliphatic heterocycles. The molecule has 1 aliphatic rings. The first-order valence-electron chi connectivity index (χ1n) is 13.0. The second-order valence-corrected chi connectivity index (χ2v) is 9.50. The second-order valence-electron chi connectivity index (χ2n) is 9.50. The van der Waals surface area contributed by atoms with Crippen molar-refractivity contribution < 1.29 is 9.59 Å². The van der Waals surface area contributed by atoms with Crippen LogP contribution in [-0.2, 0) is 16.0 Å². The lowest BCUT2D eigenvalue weighted by molar-refractivity contribution is -0.130. The highest BCUT2D eigenvalue weighted by atomic mass is 16.2. The van der Waals surface area contributed by atoms with Crippen LogP contribution in [0.3, 0.4) is 0 Å². The van der Waals surface area contributed by atoms with Gasteiger partial charge in [-0.25, -0.2) is 0 Å². The van der Waals surface area contributed by atoms with Crippen molar-refractivity contribution in [2.24, 2.45) is 0 Å². The maximum atomic E-state index is 12.7. The van der Waals surface area contributed by atoms with Crippen LogP contribution >= 0.6 is 0 Å². The van der Waals surface area contributed by atoms with Gasteiger partial charge in [-0.2, -0.15) is 0 Å². The third-order valence-corrected chi connectivity index (χ3v) is 6.59. The molecule has 0 spiro atoms. The highest BCUT2D eigenvalue weighted by molar-refractivity contribution is 5.90. The van der Waals surface area contributed by atoms with Crippen molar-refractivity contribution in [2.75, 3.05) is 36.4 Å². The summed E-state index contributed by atoms with van der Waals surface area (Å²) in [7, 11) is 0. The molecule has 0 radical (unpaired) electrons. The summed E-state index contributed by atoms with van der Waals surface area (Å²) < 4.78 is 0. The molecule has 0 aliphatic carbocycles. The van der Waals surface area contributed by atoms with Gasteiger partial charge in [-0.15, -0.1) is 0 Å². The molecule has 0 aromatic heterocycles. The van der Waals surface area contributed by atoms with Crippen LogP contribution in [-0.4, -0.2) is 42.9 Å². The van der Waals surface area contributed by atoms with E-state index >= 15 is 0 Å². The van der Waals surface area contributed by atoms with Gasteiger partial charge in [-0.3, -0.25) is 9.59 Å². The quantitative estimate of drug-likeness (QED) is 0.395. The fourth-order valence-electron chi connectivity index (χ4n) is 4.54. The number of benzene rings is 2. The van der Waals surface area contributed by atoms with Gasteiger partial charge < -0.3 is 15.1 Å². The number of amides is 2. The summed E-state index contributed by atoms with van der Waals surface area (Å²) in [6.07, 6.45) is 9.57. The van der Waals surface area contributed by atoms with Crippen LogP contribution in [0.25, 0.3) is 0 Å². The number of carbonyl (C=O) groups excluding carboxylic acids is 2. The van der Waals surface area contributed by atoms with Crippen molar-refractivity contribution in [1.29, 1.82) is 0 Å². The van der Waals surface area contributed by atoms with E-state index in [-0.39, 0.29) is 11.8 Å². The Labute approximate surface area is 205 Å². The van der Waals surface area contributed by atoms with Gasteiger partial charge in [-0.05, 0) is 43.2 Å². The van der Waals surface area contributed by atoms with Gasteiger partial charge in [-0.1, -0.05) is 75.3 Å². The SMILES string of the molecule is CCCCCCCCCC(=O)Nc1ccc(N2CCN(C(=O)Cc3cccc(C)c3)CC2)cc1. The van der Waals surface area contributed by atoms with Crippen LogP contribution in [0, 0.1) is 6.92 Å². The van der Waals surface area contributed by atoms with Crippen molar-refractivity contribution in [3.8, 4) is 0 Å². The fraction of sp³-hybridized carbons (Fsp3) is 0.517. The number of anilines is 2. The number of unbranched alkanes of at least 4 members (excludes halogenated alkanes) is 6. The van der Waals surface area contributed by atoms with Gasteiger partial charge >= 0.3 is 0 Å². The number of hydrogen-bond acceptors (Lipinski definition) is 3. The molecule has 0 atom stereocenters. The molecule has 0 bridgehead atoms. The lowest BCUT2D eigenvalue weighted by Crippen LogP contribution is -2.49. The Morgan fingerprint density at radius 2 is 1.53 bits per heavy atom. The summed E-state index contributed by atoms with van der Waals surface area (Å²) in [6.45, 7) is 7.41. The van der Waals surface area contributed by atoms with Gasteiger partial charge in [0.1, 0.15) is 0 Å². The molecule has 1 heterocycles. The predicted molar refractivity (Wildman–Crippen MR) is 141 cm³/mol. The van der Waals surface area contributed by atoms with Crippen LogP contribution in [0.2, 0.25) is 0 Å². The molecule has 0 unspecified atom stereocenters. The lowest BCUT2D eigenvalue weighted by atomic mass is 10.1. The molecule has 2 aromatic rings. The Morgan fingerprint density at radius 1 is 0.853 bits per heavy atom. The summed E-state index contributed by atoms with van der Waals surface area (Å²) >= 11 is 0. The number of carbonyl (C=O) groups is 2. The maximum Gasteiger partial charge on any atom is 0.227 e. The molecule has 2 aromatic carbocycles. The summed E-state index contributed by atoms with van der Waals surface area (Å²) in [5.41, 5.74) is 4.25. The number of piperazine rings is 1. The Morgan fingerprint density at radius 3 is 2.21 bits per heavy atom. The number of rotatable bonds is 12. The van der Waals surface area contributed by atoms with E-state index in [1.807, 2.05) is 29.2 Å². The van der Waals surface area contributed by atoms with Crippen molar-refractivity contribution >= 4 is 23.2 Å². The fourth-order valence-corrected chi connectivity index (χ4v) is 4.54. The smallest absolute Gasteiger partial charge is 0.227 e. The minimum Gasteiger partial charge on any atom is -0.368 e. The van der Waals surface area contributed by atoms with Gasteiger partial charge in [0, 0.05) is 44.0 Å². The van der Waals surface area contributed by atoms with Crippen molar-refractivity contribution in [1.82, 2.24) is 4.90 Å². The average Bonchev–Trinajstić information content (AvgIpc) is 2.84. The molecular weight excluding hydrogens is 422 g/mol. The number of hydrogen-bond donors (Lipinski definition) is 1. The molecule has 2 amide bonds. The third kappa shape index (κ3) is 8.51. The Bertz CT molecular complexity index is 902. The first-order valence-corrected chi connectivity index (χ1v) is 13.0. The van der Waals surface area contributed by atoms with Gasteiger partial charge in [0.2, 0.25) is 11.8 Å². The van der Waals surface area contributed by atoms with Crippen molar-refractivity contribution in [2.45, 2.75) is 71.6 Å². The summed E-state index contributed by atoms with van der Waals surface area (Å²) in [5.74, 6) is 0.298. The first kappa shape index (κ1) is 25.8. The molecule has 5 nitrogen and oxygen atoms in total. The molecule has 34 heavy (non-hydrogen) atoms. The van der Waals surface area contributed by atoms with Crippen LogP contribution in [0.1, 0.15) is 69.4 Å². The summed E-state index contributed by atoms with van der Waals surface area (Å²) in [5, 5.41) is 3.02. The zero-order chi connectivity index (χ0) is 24.2. The van der Waals surface area contributed by atoms with Crippen LogP contribution in [0.5, 0.6) is 0 Å². The minimum atomic E-state index is 0.0991. The number of aryl methyl sites for hydroxylation is 1. The number of nitrogens with one attached hydrogen (secondary N) is 1. The van der Waals surface area contributed by atoms with Gasteiger partial charge in [0.05, 0.1) is 6.42 Å². The maximum absolute atomic E-state index is 12.7. The highest BCUT2D eigenvalue weighted by Gasteiger charge is 2.21. The van der Waals surface area contributed by atoms with Crippen LogP contribution < -0.4 is 10.2 Å². The first-order chi connectivity index (χ1) is 16.5. The zero-order valence-electron chi connectivity index (χ0n) is 21.0. The monoisotopic (exact) mass is 463 g/mol. The minimum absolute atomic E-state index is 0.0991. The van der Waals surface area contributed by atoms with E-state index < -0.39 is 0 Å². The van der Waals surface area contributed by atoms with Gasteiger partial charge in [0.15, 0.2) is 0 Å². The van der Waals surface area contributed by atoms with E-state index in [1.165, 1.54) is 37.7 Å². The van der Waals surface area contributed by atoms with E-state index in [1.54, 1.807) is 0 Å². The average molecular weight is 464 g/mol. The lowest BCUT2D eigenvalue weighted by Gasteiger charge is -2.36.